The maximum atomic E-state index is 13.2. The number of carbonyl (C=O) groups excluding carboxylic acids is 2. The first kappa shape index (κ1) is 21.2. The zero-order valence-electron chi connectivity index (χ0n) is 18.5. The van der Waals surface area contributed by atoms with E-state index < -0.39 is 0 Å². The minimum absolute atomic E-state index is 0.0155. The maximum Gasteiger partial charge on any atom is 0.253 e. The lowest BCUT2D eigenvalue weighted by Crippen LogP contribution is -2.53. The van der Waals surface area contributed by atoms with Gasteiger partial charge in [-0.15, -0.1) is 5.10 Å². The Hall–Kier alpha value is -3.03. The van der Waals surface area contributed by atoms with Crippen molar-refractivity contribution < 1.29 is 9.59 Å². The van der Waals surface area contributed by atoms with Crippen LogP contribution in [0.3, 0.4) is 0 Å². The minimum Gasteiger partial charge on any atom is -0.339 e. The van der Waals surface area contributed by atoms with E-state index in [0.29, 0.717) is 50.8 Å². The molecule has 0 bridgehead atoms. The van der Waals surface area contributed by atoms with Gasteiger partial charge >= 0.3 is 0 Å². The number of nitrogens with zero attached hydrogens (tertiary/aromatic N) is 6. The van der Waals surface area contributed by atoms with Gasteiger partial charge in [0.25, 0.3) is 5.91 Å². The third kappa shape index (κ3) is 4.68. The highest BCUT2D eigenvalue weighted by atomic mass is 16.2. The summed E-state index contributed by atoms with van der Waals surface area (Å²) in [5, 5.41) is 8.37. The van der Waals surface area contributed by atoms with Gasteiger partial charge in [0.1, 0.15) is 0 Å². The molecular weight excluding hydrogens is 392 g/mol. The molecular formula is C23H30N6O2. The van der Waals surface area contributed by atoms with Crippen molar-refractivity contribution in [2.45, 2.75) is 33.6 Å². The summed E-state index contributed by atoms with van der Waals surface area (Å²) >= 11 is 0. The van der Waals surface area contributed by atoms with Gasteiger partial charge in [-0.1, -0.05) is 17.7 Å². The number of amides is 2. The van der Waals surface area contributed by atoms with E-state index in [0.717, 1.165) is 29.8 Å². The van der Waals surface area contributed by atoms with Crippen LogP contribution >= 0.6 is 0 Å². The first-order valence-corrected chi connectivity index (χ1v) is 11.0. The molecule has 2 saturated heterocycles. The molecule has 0 N–H and O–H groups in total. The predicted octanol–water partition coefficient (Wildman–Crippen LogP) is 2.00. The van der Waals surface area contributed by atoms with Crippen molar-refractivity contribution in [3.05, 3.63) is 46.8 Å². The van der Waals surface area contributed by atoms with Crippen LogP contribution in [0.15, 0.2) is 24.3 Å². The smallest absolute Gasteiger partial charge is 0.253 e. The number of hydrogen-bond acceptors (Lipinski definition) is 6. The molecule has 2 amide bonds. The van der Waals surface area contributed by atoms with E-state index in [9.17, 15) is 9.59 Å². The van der Waals surface area contributed by atoms with Gasteiger partial charge in [0, 0.05) is 44.8 Å². The van der Waals surface area contributed by atoms with Crippen molar-refractivity contribution in [3.8, 4) is 0 Å². The zero-order valence-corrected chi connectivity index (χ0v) is 18.5. The number of anilines is 1. The lowest BCUT2D eigenvalue weighted by Gasteiger charge is -2.39. The number of piperidine rings is 1. The van der Waals surface area contributed by atoms with Gasteiger partial charge in [-0.25, -0.2) is 4.98 Å². The highest BCUT2D eigenvalue weighted by molar-refractivity contribution is 5.94. The van der Waals surface area contributed by atoms with Gasteiger partial charge in [0.2, 0.25) is 11.9 Å². The summed E-state index contributed by atoms with van der Waals surface area (Å²) in [4.78, 5) is 36.4. The average Bonchev–Trinajstić information content (AvgIpc) is 2.80. The molecule has 2 aliphatic rings. The lowest BCUT2D eigenvalue weighted by atomic mass is 9.95. The number of piperazine rings is 1. The monoisotopic (exact) mass is 422 g/mol. The van der Waals surface area contributed by atoms with Crippen LogP contribution in [-0.4, -0.2) is 76.1 Å². The van der Waals surface area contributed by atoms with Crippen LogP contribution in [0.4, 0.5) is 5.95 Å². The number of aryl methyl sites for hydroxylation is 3. The number of carbonyl (C=O) groups is 2. The summed E-state index contributed by atoms with van der Waals surface area (Å²) in [6.07, 6.45) is 1.69. The van der Waals surface area contributed by atoms with Gasteiger partial charge < -0.3 is 14.7 Å². The van der Waals surface area contributed by atoms with Crippen molar-refractivity contribution >= 4 is 17.8 Å². The predicted molar refractivity (Wildman–Crippen MR) is 118 cm³/mol. The second kappa shape index (κ2) is 8.99. The molecule has 0 spiro atoms. The number of likely N-dealkylation sites (tertiary alicyclic amines) is 1. The molecule has 8 heteroatoms. The Balaban J connectivity index is 1.34. The number of hydrogen-bond donors (Lipinski definition) is 0. The molecule has 0 saturated carbocycles. The van der Waals surface area contributed by atoms with Crippen molar-refractivity contribution in [2.75, 3.05) is 44.2 Å². The van der Waals surface area contributed by atoms with Crippen LogP contribution in [0, 0.1) is 26.7 Å². The standard InChI is InChI=1S/C23H30N6O2/c1-16-6-8-19(9-7-16)21(30)29-10-4-5-20(15-29)22(31)27-11-13-28(14-12-27)23-24-17(2)18(3)25-26-23/h6-9,20H,4-5,10-15H2,1-3H3. The quantitative estimate of drug-likeness (QED) is 0.752. The molecule has 2 aromatic rings. The highest BCUT2D eigenvalue weighted by Crippen LogP contribution is 2.22. The summed E-state index contributed by atoms with van der Waals surface area (Å²) in [6.45, 7) is 9.69. The Morgan fingerprint density at radius 1 is 0.871 bits per heavy atom. The van der Waals surface area contributed by atoms with E-state index >= 15 is 0 Å². The van der Waals surface area contributed by atoms with Crippen molar-refractivity contribution in [3.63, 3.8) is 0 Å². The van der Waals surface area contributed by atoms with Gasteiger partial charge in [0.05, 0.1) is 17.3 Å². The molecule has 164 valence electrons. The van der Waals surface area contributed by atoms with Crippen LogP contribution in [-0.2, 0) is 4.79 Å². The second-order valence-corrected chi connectivity index (χ2v) is 8.55. The summed E-state index contributed by atoms with van der Waals surface area (Å²) in [5.74, 6) is 0.666. The lowest BCUT2D eigenvalue weighted by molar-refractivity contribution is -0.137. The van der Waals surface area contributed by atoms with Gasteiger partial charge in [0.15, 0.2) is 0 Å². The molecule has 0 radical (unpaired) electrons. The SMILES string of the molecule is Cc1ccc(C(=O)N2CCCC(C(=O)N3CCN(c4nnc(C)c(C)n4)CC3)C2)cc1. The molecule has 2 fully saturated rings. The summed E-state index contributed by atoms with van der Waals surface area (Å²) < 4.78 is 0. The van der Waals surface area contributed by atoms with Crippen LogP contribution in [0.1, 0.15) is 40.2 Å². The molecule has 1 aromatic heterocycles. The summed E-state index contributed by atoms with van der Waals surface area (Å²) in [5.41, 5.74) is 3.53. The van der Waals surface area contributed by atoms with Crippen molar-refractivity contribution in [2.24, 2.45) is 5.92 Å². The average molecular weight is 423 g/mol. The Morgan fingerprint density at radius 2 is 1.58 bits per heavy atom. The maximum absolute atomic E-state index is 13.2. The fraction of sp³-hybridized carbons (Fsp3) is 0.522. The van der Waals surface area contributed by atoms with E-state index in [-0.39, 0.29) is 17.7 Å². The largest absolute Gasteiger partial charge is 0.339 e. The Kier molecular flexibility index (Phi) is 6.15. The topological polar surface area (TPSA) is 82.5 Å². The van der Waals surface area contributed by atoms with Crippen molar-refractivity contribution in [1.82, 2.24) is 25.0 Å². The van der Waals surface area contributed by atoms with Crippen LogP contribution < -0.4 is 4.90 Å². The molecule has 31 heavy (non-hydrogen) atoms. The van der Waals surface area contributed by atoms with Gasteiger partial charge in [-0.3, -0.25) is 9.59 Å². The van der Waals surface area contributed by atoms with E-state index in [4.69, 9.17) is 0 Å². The number of rotatable bonds is 3. The van der Waals surface area contributed by atoms with E-state index in [1.54, 1.807) is 0 Å². The Labute approximate surface area is 183 Å². The van der Waals surface area contributed by atoms with Crippen LogP contribution in [0.5, 0.6) is 0 Å². The fourth-order valence-corrected chi connectivity index (χ4v) is 4.21. The molecule has 3 heterocycles. The Morgan fingerprint density at radius 3 is 2.26 bits per heavy atom. The zero-order chi connectivity index (χ0) is 22.0. The number of benzene rings is 1. The van der Waals surface area contributed by atoms with E-state index in [2.05, 4.69) is 20.1 Å². The number of aromatic nitrogens is 3. The normalized spacial score (nSPS) is 19.5. The molecule has 2 aliphatic heterocycles. The van der Waals surface area contributed by atoms with Gasteiger partial charge in [-0.05, 0) is 45.7 Å². The second-order valence-electron chi connectivity index (χ2n) is 8.55. The first-order chi connectivity index (χ1) is 14.9. The highest BCUT2D eigenvalue weighted by Gasteiger charge is 2.33. The van der Waals surface area contributed by atoms with Gasteiger partial charge in [-0.2, -0.15) is 5.10 Å². The fourth-order valence-electron chi connectivity index (χ4n) is 4.21. The van der Waals surface area contributed by atoms with E-state index in [1.807, 2.05) is 54.8 Å². The molecule has 1 atom stereocenters. The molecule has 8 nitrogen and oxygen atoms in total. The molecule has 1 unspecified atom stereocenters. The minimum atomic E-state index is -0.130. The summed E-state index contributed by atoms with van der Waals surface area (Å²) in [6, 6.07) is 7.64. The summed E-state index contributed by atoms with van der Waals surface area (Å²) in [7, 11) is 0. The molecule has 0 aliphatic carbocycles. The van der Waals surface area contributed by atoms with Crippen LogP contribution in [0.25, 0.3) is 0 Å². The third-order valence-corrected chi connectivity index (χ3v) is 6.31. The van der Waals surface area contributed by atoms with Crippen LogP contribution in [0.2, 0.25) is 0 Å². The molecule has 1 aromatic carbocycles. The van der Waals surface area contributed by atoms with E-state index in [1.165, 1.54) is 0 Å². The van der Waals surface area contributed by atoms with Crippen molar-refractivity contribution in [1.29, 1.82) is 0 Å². The molecule has 4 rings (SSSR count). The third-order valence-electron chi connectivity index (χ3n) is 6.31. The Bertz CT molecular complexity index is 953. The first-order valence-electron chi connectivity index (χ1n) is 11.0.